The van der Waals surface area contributed by atoms with E-state index < -0.39 is 0 Å². The van der Waals surface area contributed by atoms with E-state index in [1.807, 2.05) is 6.20 Å². The summed E-state index contributed by atoms with van der Waals surface area (Å²) in [6, 6.07) is 0.201. The Morgan fingerprint density at radius 2 is 2.28 bits per heavy atom. The average molecular weight is 250 g/mol. The molecule has 3 N–H and O–H groups in total. The highest BCUT2D eigenvalue weighted by Gasteiger charge is 2.20. The Morgan fingerprint density at radius 3 is 2.94 bits per heavy atom. The van der Waals surface area contributed by atoms with E-state index in [9.17, 15) is 0 Å². The first kappa shape index (κ1) is 13.6. The maximum atomic E-state index is 5.71. The summed E-state index contributed by atoms with van der Waals surface area (Å²) >= 11 is 0. The van der Waals surface area contributed by atoms with Gasteiger partial charge in [-0.25, -0.2) is 10.4 Å². The summed E-state index contributed by atoms with van der Waals surface area (Å²) in [5.41, 5.74) is 2.94. The van der Waals surface area contributed by atoms with Crippen LogP contribution in [-0.4, -0.2) is 9.55 Å². The van der Waals surface area contributed by atoms with E-state index in [0.717, 1.165) is 31.1 Å². The fraction of sp³-hybridized carbons (Fsp3) is 0.786. The van der Waals surface area contributed by atoms with Crippen LogP contribution in [0, 0.1) is 5.92 Å². The van der Waals surface area contributed by atoms with Crippen LogP contribution in [0.4, 0.5) is 0 Å². The number of hydrogen-bond acceptors (Lipinski definition) is 3. The Kier molecular flexibility index (Phi) is 5.20. The molecular weight excluding hydrogens is 224 g/mol. The fourth-order valence-electron chi connectivity index (χ4n) is 3.05. The maximum absolute atomic E-state index is 5.71. The second kappa shape index (κ2) is 6.90. The molecule has 4 heteroatoms. The smallest absolute Gasteiger partial charge is 0.127 e. The molecule has 1 aliphatic rings. The van der Waals surface area contributed by atoms with E-state index in [1.54, 1.807) is 0 Å². The number of nitrogens with one attached hydrogen (secondary N) is 1. The zero-order valence-electron chi connectivity index (χ0n) is 11.4. The average Bonchev–Trinajstić information content (AvgIpc) is 3.02. The van der Waals surface area contributed by atoms with E-state index >= 15 is 0 Å². The molecule has 0 bridgehead atoms. The monoisotopic (exact) mass is 250 g/mol. The van der Waals surface area contributed by atoms with Crippen molar-refractivity contribution in [2.75, 3.05) is 0 Å². The third-order valence-corrected chi connectivity index (χ3v) is 4.06. The van der Waals surface area contributed by atoms with Crippen LogP contribution in [0.25, 0.3) is 0 Å². The molecule has 18 heavy (non-hydrogen) atoms. The van der Waals surface area contributed by atoms with Gasteiger partial charge in [-0.3, -0.25) is 5.84 Å². The Hall–Kier alpha value is -0.870. The van der Waals surface area contributed by atoms with Crippen LogP contribution in [-0.2, 0) is 6.54 Å². The van der Waals surface area contributed by atoms with Crippen molar-refractivity contribution in [3.05, 3.63) is 18.2 Å². The molecule has 0 amide bonds. The van der Waals surface area contributed by atoms with Crippen LogP contribution in [0.1, 0.15) is 63.7 Å². The largest absolute Gasteiger partial charge is 0.334 e. The molecule has 1 heterocycles. The van der Waals surface area contributed by atoms with Gasteiger partial charge in [0.2, 0.25) is 0 Å². The Labute approximate surface area is 110 Å². The molecule has 1 aromatic heterocycles. The lowest BCUT2D eigenvalue weighted by molar-refractivity contribution is 0.395. The summed E-state index contributed by atoms with van der Waals surface area (Å²) in [6.07, 6.45) is 13.1. The predicted molar refractivity (Wildman–Crippen MR) is 73.8 cm³/mol. The molecule has 1 atom stereocenters. The van der Waals surface area contributed by atoms with Gasteiger partial charge in [0.1, 0.15) is 5.82 Å². The predicted octanol–water partition coefficient (Wildman–Crippen LogP) is 2.77. The summed E-state index contributed by atoms with van der Waals surface area (Å²) in [5.74, 6) is 7.72. The van der Waals surface area contributed by atoms with Crippen LogP contribution in [0.5, 0.6) is 0 Å². The third kappa shape index (κ3) is 3.33. The molecule has 2 rings (SSSR count). The normalized spacial score (nSPS) is 18.3. The number of hydrogen-bond donors (Lipinski definition) is 2. The van der Waals surface area contributed by atoms with E-state index in [0.29, 0.717) is 0 Å². The zero-order valence-corrected chi connectivity index (χ0v) is 11.4. The molecule has 0 radical (unpaired) electrons. The maximum Gasteiger partial charge on any atom is 0.127 e. The lowest BCUT2D eigenvalue weighted by Crippen LogP contribution is -2.30. The summed E-state index contributed by atoms with van der Waals surface area (Å²) in [7, 11) is 0. The van der Waals surface area contributed by atoms with Gasteiger partial charge in [0.15, 0.2) is 0 Å². The van der Waals surface area contributed by atoms with E-state index in [2.05, 4.69) is 28.1 Å². The Bertz CT molecular complexity index is 341. The number of imidazole rings is 1. The molecule has 1 fully saturated rings. The van der Waals surface area contributed by atoms with Crippen LogP contribution in [0.3, 0.4) is 0 Å². The highest BCUT2D eigenvalue weighted by atomic mass is 15.3. The lowest BCUT2D eigenvalue weighted by Gasteiger charge is -2.19. The third-order valence-electron chi connectivity index (χ3n) is 4.06. The van der Waals surface area contributed by atoms with Gasteiger partial charge in [0.05, 0.1) is 6.04 Å². The number of rotatable bonds is 7. The first-order chi connectivity index (χ1) is 8.85. The fourth-order valence-corrected chi connectivity index (χ4v) is 3.05. The minimum absolute atomic E-state index is 0.201. The van der Waals surface area contributed by atoms with E-state index in [1.165, 1.54) is 32.1 Å². The highest BCUT2D eigenvalue weighted by molar-refractivity contribution is 4.99. The number of nitrogens with two attached hydrogens (primary N) is 1. The standard InChI is InChI=1S/C14H26N4/c1-2-10-18-11-9-16-14(18)13(17-15)8-7-12-5-3-4-6-12/h9,11-13,17H,2-8,10,15H2,1H3. The summed E-state index contributed by atoms with van der Waals surface area (Å²) < 4.78 is 2.22. The molecule has 1 aliphatic carbocycles. The van der Waals surface area contributed by atoms with Crippen LogP contribution in [0.15, 0.2) is 12.4 Å². The van der Waals surface area contributed by atoms with E-state index in [-0.39, 0.29) is 6.04 Å². The Balaban J connectivity index is 1.91. The molecule has 0 saturated heterocycles. The van der Waals surface area contributed by atoms with Crippen molar-refractivity contribution in [1.29, 1.82) is 0 Å². The summed E-state index contributed by atoms with van der Waals surface area (Å²) in [4.78, 5) is 4.47. The second-order valence-electron chi connectivity index (χ2n) is 5.43. The van der Waals surface area contributed by atoms with Crippen LogP contribution < -0.4 is 11.3 Å². The van der Waals surface area contributed by atoms with Crippen molar-refractivity contribution >= 4 is 0 Å². The number of aromatic nitrogens is 2. The molecule has 0 aromatic carbocycles. The van der Waals surface area contributed by atoms with Crippen molar-refractivity contribution in [2.45, 2.75) is 64.5 Å². The van der Waals surface area contributed by atoms with Gasteiger partial charge in [-0.15, -0.1) is 0 Å². The van der Waals surface area contributed by atoms with Gasteiger partial charge < -0.3 is 4.57 Å². The topological polar surface area (TPSA) is 55.9 Å². The van der Waals surface area contributed by atoms with Gasteiger partial charge >= 0.3 is 0 Å². The molecule has 0 aliphatic heterocycles. The van der Waals surface area contributed by atoms with Crippen LogP contribution >= 0.6 is 0 Å². The van der Waals surface area contributed by atoms with E-state index in [4.69, 9.17) is 5.84 Å². The molecule has 4 nitrogen and oxygen atoms in total. The first-order valence-corrected chi connectivity index (χ1v) is 7.32. The molecule has 1 saturated carbocycles. The van der Waals surface area contributed by atoms with Crippen LogP contribution in [0.2, 0.25) is 0 Å². The van der Waals surface area contributed by atoms with Gasteiger partial charge in [0, 0.05) is 18.9 Å². The lowest BCUT2D eigenvalue weighted by atomic mass is 9.98. The highest BCUT2D eigenvalue weighted by Crippen LogP contribution is 2.31. The van der Waals surface area contributed by atoms with Crippen molar-refractivity contribution in [2.24, 2.45) is 11.8 Å². The summed E-state index contributed by atoms with van der Waals surface area (Å²) in [6.45, 7) is 3.21. The van der Waals surface area contributed by atoms with Crippen molar-refractivity contribution in [3.8, 4) is 0 Å². The van der Waals surface area contributed by atoms with Crippen molar-refractivity contribution in [1.82, 2.24) is 15.0 Å². The molecular formula is C14H26N4. The SMILES string of the molecule is CCCn1ccnc1C(CCC1CCCC1)NN. The molecule has 102 valence electrons. The van der Waals surface area contributed by atoms with Crippen molar-refractivity contribution < 1.29 is 0 Å². The molecule has 1 aromatic rings. The molecule has 0 spiro atoms. The Morgan fingerprint density at radius 1 is 1.50 bits per heavy atom. The number of aryl methyl sites for hydroxylation is 1. The summed E-state index contributed by atoms with van der Waals surface area (Å²) in [5, 5.41) is 0. The number of nitrogens with zero attached hydrogens (tertiary/aromatic N) is 2. The van der Waals surface area contributed by atoms with Crippen molar-refractivity contribution in [3.63, 3.8) is 0 Å². The number of hydrazine groups is 1. The minimum Gasteiger partial charge on any atom is -0.334 e. The second-order valence-corrected chi connectivity index (χ2v) is 5.43. The van der Waals surface area contributed by atoms with Gasteiger partial charge in [-0.05, 0) is 25.2 Å². The minimum atomic E-state index is 0.201. The molecule has 1 unspecified atom stereocenters. The van der Waals surface area contributed by atoms with Gasteiger partial charge in [-0.1, -0.05) is 32.6 Å². The first-order valence-electron chi connectivity index (χ1n) is 7.32. The van der Waals surface area contributed by atoms with Gasteiger partial charge in [-0.2, -0.15) is 0 Å². The van der Waals surface area contributed by atoms with Gasteiger partial charge in [0.25, 0.3) is 0 Å². The zero-order chi connectivity index (χ0) is 12.8. The quantitative estimate of drug-likeness (QED) is 0.578.